The lowest BCUT2D eigenvalue weighted by molar-refractivity contribution is 0.208. The van der Waals surface area contributed by atoms with Crippen molar-refractivity contribution in [3.63, 3.8) is 0 Å². The number of nitrogens with zero attached hydrogens (tertiary/aromatic N) is 1. The number of aliphatic imine (C=N–C) groups is 1. The van der Waals surface area contributed by atoms with Crippen molar-refractivity contribution in [2.75, 3.05) is 26.0 Å². The van der Waals surface area contributed by atoms with Crippen LogP contribution in [0.2, 0.25) is 0 Å². The van der Waals surface area contributed by atoms with Crippen LogP contribution in [0.1, 0.15) is 13.8 Å². The largest absolute Gasteiger partial charge is 0.383 e. The second-order valence-corrected chi connectivity index (χ2v) is 4.49. The van der Waals surface area contributed by atoms with Crippen molar-refractivity contribution >= 4 is 16.9 Å². The maximum Gasteiger partial charge on any atom is 0.156 e. The van der Waals surface area contributed by atoms with Crippen LogP contribution < -0.4 is 5.32 Å². The van der Waals surface area contributed by atoms with E-state index in [2.05, 4.69) is 24.2 Å². The van der Waals surface area contributed by atoms with Gasteiger partial charge < -0.3 is 10.1 Å². The first kappa shape index (κ1) is 10.9. The normalized spacial score (nSPS) is 25.5. The minimum Gasteiger partial charge on any atom is -0.383 e. The molecule has 0 bridgehead atoms. The Labute approximate surface area is 84.3 Å². The van der Waals surface area contributed by atoms with Gasteiger partial charge in [-0.25, -0.2) is 0 Å². The van der Waals surface area contributed by atoms with E-state index in [9.17, 15) is 0 Å². The molecule has 1 saturated heterocycles. The van der Waals surface area contributed by atoms with Gasteiger partial charge in [0.05, 0.1) is 13.2 Å². The van der Waals surface area contributed by atoms with Crippen molar-refractivity contribution < 1.29 is 4.74 Å². The molecule has 0 amide bonds. The van der Waals surface area contributed by atoms with Crippen molar-refractivity contribution in [1.29, 1.82) is 0 Å². The second kappa shape index (κ2) is 5.50. The van der Waals surface area contributed by atoms with E-state index in [0.717, 1.165) is 17.5 Å². The number of ether oxygens (including phenoxy) is 1. The molecule has 1 rings (SSSR count). The summed E-state index contributed by atoms with van der Waals surface area (Å²) in [5, 5.41) is 4.49. The van der Waals surface area contributed by atoms with Crippen molar-refractivity contribution in [1.82, 2.24) is 5.32 Å². The Hall–Kier alpha value is -0.220. The van der Waals surface area contributed by atoms with Crippen LogP contribution in [-0.4, -0.2) is 37.2 Å². The molecule has 13 heavy (non-hydrogen) atoms. The van der Waals surface area contributed by atoms with Crippen LogP contribution in [0.4, 0.5) is 0 Å². The van der Waals surface area contributed by atoms with E-state index in [0.29, 0.717) is 18.6 Å². The Kier molecular flexibility index (Phi) is 4.59. The fraction of sp³-hybridized carbons (Fsp3) is 0.889. The summed E-state index contributed by atoms with van der Waals surface area (Å²) in [5.41, 5.74) is 0. The number of rotatable bonds is 4. The Bertz CT molecular complexity index is 182. The summed E-state index contributed by atoms with van der Waals surface area (Å²) in [5.74, 6) is 1.83. The average Bonchev–Trinajstić information content (AvgIpc) is 2.53. The van der Waals surface area contributed by atoms with Crippen molar-refractivity contribution in [2.24, 2.45) is 10.9 Å². The number of nitrogens with one attached hydrogen (secondary N) is 1. The van der Waals surface area contributed by atoms with Gasteiger partial charge in [0, 0.05) is 18.9 Å². The van der Waals surface area contributed by atoms with Gasteiger partial charge in [0.15, 0.2) is 5.17 Å². The first-order valence-corrected chi connectivity index (χ1v) is 5.65. The summed E-state index contributed by atoms with van der Waals surface area (Å²) in [6.45, 7) is 5.93. The molecule has 0 radical (unpaired) electrons. The number of hydrogen-bond donors (Lipinski definition) is 1. The summed E-state index contributed by atoms with van der Waals surface area (Å²) in [7, 11) is 1.70. The number of thioether (sulfide) groups is 1. The third-order valence-electron chi connectivity index (χ3n) is 2.06. The Morgan fingerprint density at radius 2 is 2.46 bits per heavy atom. The number of amidine groups is 1. The summed E-state index contributed by atoms with van der Waals surface area (Å²) in [6, 6.07) is 0.589. The number of methoxy groups -OCH3 is 1. The highest BCUT2D eigenvalue weighted by molar-refractivity contribution is 8.14. The summed E-state index contributed by atoms with van der Waals surface area (Å²) in [6.07, 6.45) is 0. The molecule has 76 valence electrons. The van der Waals surface area contributed by atoms with Crippen LogP contribution >= 0.6 is 11.8 Å². The van der Waals surface area contributed by atoms with E-state index in [1.54, 1.807) is 7.11 Å². The molecule has 1 fully saturated rings. The molecule has 1 atom stereocenters. The molecule has 0 spiro atoms. The van der Waals surface area contributed by atoms with Gasteiger partial charge in [0.2, 0.25) is 0 Å². The standard InChI is InChI=1S/C9H18N2OS/c1-7(2)8-6-13-9(11-8)10-4-5-12-3/h7-8H,4-6H2,1-3H3,(H,10,11). The van der Waals surface area contributed by atoms with E-state index in [-0.39, 0.29) is 0 Å². The molecule has 0 aromatic rings. The van der Waals surface area contributed by atoms with Gasteiger partial charge in [-0.15, -0.1) is 0 Å². The van der Waals surface area contributed by atoms with E-state index >= 15 is 0 Å². The Morgan fingerprint density at radius 3 is 3.00 bits per heavy atom. The lowest BCUT2D eigenvalue weighted by Gasteiger charge is -2.12. The zero-order valence-corrected chi connectivity index (χ0v) is 9.36. The van der Waals surface area contributed by atoms with Gasteiger partial charge in [-0.1, -0.05) is 25.6 Å². The zero-order chi connectivity index (χ0) is 9.68. The first-order chi connectivity index (χ1) is 6.24. The van der Waals surface area contributed by atoms with Gasteiger partial charge in [-0.2, -0.15) is 0 Å². The summed E-state index contributed by atoms with van der Waals surface area (Å²) >= 11 is 1.81. The predicted octanol–water partition coefficient (Wildman–Crippen LogP) is 1.35. The molecule has 0 aliphatic carbocycles. The molecular formula is C9H18N2OS. The average molecular weight is 202 g/mol. The molecular weight excluding hydrogens is 184 g/mol. The van der Waals surface area contributed by atoms with E-state index in [4.69, 9.17) is 4.74 Å². The minimum absolute atomic E-state index is 0.589. The molecule has 3 nitrogen and oxygen atoms in total. The minimum atomic E-state index is 0.589. The zero-order valence-electron chi connectivity index (χ0n) is 8.54. The molecule has 0 aromatic heterocycles. The van der Waals surface area contributed by atoms with Gasteiger partial charge in [-0.3, -0.25) is 4.99 Å². The fourth-order valence-electron chi connectivity index (χ4n) is 1.10. The number of hydrogen-bond acceptors (Lipinski definition) is 3. The van der Waals surface area contributed by atoms with Crippen molar-refractivity contribution in [3.05, 3.63) is 0 Å². The topological polar surface area (TPSA) is 33.6 Å². The molecule has 4 heteroatoms. The third kappa shape index (κ3) is 3.56. The molecule has 1 N–H and O–H groups in total. The SMILES string of the molecule is COCCN=C1NC(C(C)C)CS1. The quantitative estimate of drug-likeness (QED) is 0.699. The van der Waals surface area contributed by atoms with Gasteiger partial charge >= 0.3 is 0 Å². The molecule has 1 unspecified atom stereocenters. The first-order valence-electron chi connectivity index (χ1n) is 4.66. The van der Waals surface area contributed by atoms with Crippen LogP contribution in [0.3, 0.4) is 0 Å². The lowest BCUT2D eigenvalue weighted by Crippen LogP contribution is -2.31. The highest BCUT2D eigenvalue weighted by atomic mass is 32.2. The maximum atomic E-state index is 4.93. The summed E-state index contributed by atoms with van der Waals surface area (Å²) in [4.78, 5) is 4.39. The molecule has 1 aliphatic rings. The fourth-order valence-corrected chi connectivity index (χ4v) is 2.32. The van der Waals surface area contributed by atoms with E-state index in [1.807, 2.05) is 11.8 Å². The van der Waals surface area contributed by atoms with Crippen LogP contribution in [0, 0.1) is 5.92 Å². The summed E-state index contributed by atoms with van der Waals surface area (Å²) < 4.78 is 4.93. The molecule has 0 aromatic carbocycles. The Morgan fingerprint density at radius 1 is 1.69 bits per heavy atom. The van der Waals surface area contributed by atoms with E-state index < -0.39 is 0 Å². The monoisotopic (exact) mass is 202 g/mol. The van der Waals surface area contributed by atoms with Crippen LogP contribution in [0.15, 0.2) is 4.99 Å². The van der Waals surface area contributed by atoms with Crippen LogP contribution in [-0.2, 0) is 4.74 Å². The van der Waals surface area contributed by atoms with Crippen molar-refractivity contribution in [3.8, 4) is 0 Å². The van der Waals surface area contributed by atoms with E-state index in [1.165, 1.54) is 0 Å². The molecule has 1 aliphatic heterocycles. The van der Waals surface area contributed by atoms with Gasteiger partial charge in [-0.05, 0) is 5.92 Å². The van der Waals surface area contributed by atoms with Gasteiger partial charge in [0.25, 0.3) is 0 Å². The third-order valence-corrected chi connectivity index (χ3v) is 3.11. The van der Waals surface area contributed by atoms with Crippen LogP contribution in [0.25, 0.3) is 0 Å². The second-order valence-electron chi connectivity index (χ2n) is 3.49. The predicted molar refractivity (Wildman–Crippen MR) is 58.4 cm³/mol. The maximum absolute atomic E-state index is 4.93. The Balaban J connectivity index is 2.27. The molecule has 0 saturated carbocycles. The van der Waals surface area contributed by atoms with Crippen molar-refractivity contribution in [2.45, 2.75) is 19.9 Å². The lowest BCUT2D eigenvalue weighted by atomic mass is 10.1. The highest BCUT2D eigenvalue weighted by Crippen LogP contribution is 2.18. The van der Waals surface area contributed by atoms with Crippen LogP contribution in [0.5, 0.6) is 0 Å². The highest BCUT2D eigenvalue weighted by Gasteiger charge is 2.22. The molecule has 1 heterocycles. The smallest absolute Gasteiger partial charge is 0.156 e. The van der Waals surface area contributed by atoms with Gasteiger partial charge in [0.1, 0.15) is 0 Å².